The molecule has 114 valence electrons. The predicted molar refractivity (Wildman–Crippen MR) is 73.2 cm³/mol. The normalized spacial score (nSPS) is 19.3. The third-order valence-electron chi connectivity index (χ3n) is 3.55. The van der Waals surface area contributed by atoms with E-state index >= 15 is 0 Å². The van der Waals surface area contributed by atoms with Gasteiger partial charge >= 0.3 is 0 Å². The number of hydrogen-bond acceptors (Lipinski definition) is 2. The van der Waals surface area contributed by atoms with Crippen LogP contribution in [0.1, 0.15) is 25.8 Å². The molecule has 1 saturated heterocycles. The van der Waals surface area contributed by atoms with E-state index in [1.54, 1.807) is 6.92 Å². The van der Waals surface area contributed by atoms with Gasteiger partial charge in [0.15, 0.2) is 0 Å². The van der Waals surface area contributed by atoms with Crippen LogP contribution in [0.3, 0.4) is 0 Å². The summed E-state index contributed by atoms with van der Waals surface area (Å²) in [6.07, 6.45) is 0.779. The predicted octanol–water partition coefficient (Wildman–Crippen LogP) is 1.93. The molecular weight excluding hydrogens is 278 g/mol. The molecule has 0 aromatic heterocycles. The smallest absolute Gasteiger partial charge is 0.245 e. The SMILES string of the molecule is CCCN1CC(=O)N(Cc2cc(F)cc(F)c2)[C@@H](C)C1=O. The van der Waals surface area contributed by atoms with E-state index in [1.165, 1.54) is 21.9 Å². The van der Waals surface area contributed by atoms with Gasteiger partial charge in [0.25, 0.3) is 0 Å². The maximum atomic E-state index is 13.2. The standard InChI is InChI=1S/C15H18F2N2O2/c1-3-4-18-9-14(20)19(10(2)15(18)21)8-11-5-12(16)7-13(17)6-11/h5-7,10H,3-4,8-9H2,1-2H3/t10-/m0/s1. The van der Waals surface area contributed by atoms with Crippen molar-refractivity contribution >= 4 is 11.8 Å². The molecule has 1 fully saturated rings. The zero-order valence-electron chi connectivity index (χ0n) is 12.1. The molecule has 2 rings (SSSR count). The molecule has 2 amide bonds. The van der Waals surface area contributed by atoms with Gasteiger partial charge in [-0.2, -0.15) is 0 Å². The lowest BCUT2D eigenvalue weighted by Gasteiger charge is -2.38. The number of carbonyl (C=O) groups is 2. The third-order valence-corrected chi connectivity index (χ3v) is 3.55. The number of amides is 2. The van der Waals surface area contributed by atoms with Crippen molar-refractivity contribution in [3.8, 4) is 0 Å². The minimum absolute atomic E-state index is 0.0226. The molecule has 1 aromatic carbocycles. The molecule has 1 aliphatic heterocycles. The first-order valence-electron chi connectivity index (χ1n) is 6.95. The summed E-state index contributed by atoms with van der Waals surface area (Å²) in [5.74, 6) is -1.73. The van der Waals surface area contributed by atoms with E-state index in [-0.39, 0.29) is 24.9 Å². The van der Waals surface area contributed by atoms with Gasteiger partial charge in [0.2, 0.25) is 11.8 Å². The number of rotatable bonds is 4. The summed E-state index contributed by atoms with van der Waals surface area (Å²) in [7, 11) is 0. The van der Waals surface area contributed by atoms with Crippen LogP contribution in [0.2, 0.25) is 0 Å². The maximum absolute atomic E-state index is 13.2. The summed E-state index contributed by atoms with van der Waals surface area (Å²) in [4.78, 5) is 27.2. The van der Waals surface area contributed by atoms with Gasteiger partial charge in [-0.15, -0.1) is 0 Å². The van der Waals surface area contributed by atoms with Crippen LogP contribution in [0.15, 0.2) is 18.2 Å². The minimum atomic E-state index is -0.693. The van der Waals surface area contributed by atoms with Crippen molar-refractivity contribution in [2.24, 2.45) is 0 Å². The van der Waals surface area contributed by atoms with E-state index in [1.807, 2.05) is 6.92 Å². The first-order chi connectivity index (χ1) is 9.92. The van der Waals surface area contributed by atoms with Crippen molar-refractivity contribution in [2.45, 2.75) is 32.9 Å². The Bertz CT molecular complexity index is 542. The number of carbonyl (C=O) groups excluding carboxylic acids is 2. The number of piperazine rings is 1. The van der Waals surface area contributed by atoms with Crippen LogP contribution in [0.5, 0.6) is 0 Å². The highest BCUT2D eigenvalue weighted by molar-refractivity contribution is 5.94. The van der Waals surface area contributed by atoms with Crippen molar-refractivity contribution < 1.29 is 18.4 Å². The maximum Gasteiger partial charge on any atom is 0.245 e. The number of nitrogens with zero attached hydrogens (tertiary/aromatic N) is 2. The lowest BCUT2D eigenvalue weighted by atomic mass is 10.1. The van der Waals surface area contributed by atoms with Crippen LogP contribution in [-0.2, 0) is 16.1 Å². The first-order valence-corrected chi connectivity index (χ1v) is 6.95. The molecule has 6 heteroatoms. The summed E-state index contributed by atoms with van der Waals surface area (Å²) in [6.45, 7) is 4.16. The zero-order chi connectivity index (χ0) is 15.6. The Kier molecular flexibility index (Phi) is 4.55. The molecular formula is C15H18F2N2O2. The molecule has 21 heavy (non-hydrogen) atoms. The minimum Gasteiger partial charge on any atom is -0.332 e. The average molecular weight is 296 g/mol. The fourth-order valence-corrected chi connectivity index (χ4v) is 2.53. The second-order valence-corrected chi connectivity index (χ2v) is 5.24. The third kappa shape index (κ3) is 3.37. The van der Waals surface area contributed by atoms with Crippen LogP contribution in [-0.4, -0.2) is 40.7 Å². The van der Waals surface area contributed by atoms with Crippen molar-refractivity contribution in [3.05, 3.63) is 35.4 Å². The highest BCUT2D eigenvalue weighted by Crippen LogP contribution is 2.18. The lowest BCUT2D eigenvalue weighted by molar-refractivity contribution is -0.155. The Hall–Kier alpha value is -1.98. The Labute approximate surface area is 122 Å². The van der Waals surface area contributed by atoms with Crippen LogP contribution in [0, 0.1) is 11.6 Å². The van der Waals surface area contributed by atoms with Crippen LogP contribution in [0.4, 0.5) is 8.78 Å². The molecule has 0 aliphatic carbocycles. The molecule has 0 bridgehead atoms. The van der Waals surface area contributed by atoms with Crippen LogP contribution in [0.25, 0.3) is 0 Å². The average Bonchev–Trinajstić information content (AvgIpc) is 2.40. The molecule has 0 saturated carbocycles. The number of halogens is 2. The summed E-state index contributed by atoms with van der Waals surface area (Å²) < 4.78 is 26.4. The van der Waals surface area contributed by atoms with Crippen LogP contribution >= 0.6 is 0 Å². The van der Waals surface area contributed by atoms with Crippen LogP contribution < -0.4 is 0 Å². The van der Waals surface area contributed by atoms with E-state index in [0.29, 0.717) is 12.1 Å². The second-order valence-electron chi connectivity index (χ2n) is 5.24. The first kappa shape index (κ1) is 15.4. The van der Waals surface area contributed by atoms with E-state index in [2.05, 4.69) is 0 Å². The van der Waals surface area contributed by atoms with E-state index < -0.39 is 17.7 Å². The highest BCUT2D eigenvalue weighted by atomic mass is 19.1. The van der Waals surface area contributed by atoms with Gasteiger partial charge in [-0.1, -0.05) is 6.92 Å². The van der Waals surface area contributed by atoms with Crippen molar-refractivity contribution in [1.29, 1.82) is 0 Å². The fraction of sp³-hybridized carbons (Fsp3) is 0.467. The second kappa shape index (κ2) is 6.20. The summed E-state index contributed by atoms with van der Waals surface area (Å²) in [5, 5.41) is 0. The highest BCUT2D eigenvalue weighted by Gasteiger charge is 2.35. The summed E-state index contributed by atoms with van der Waals surface area (Å²) in [6, 6.07) is 2.50. The van der Waals surface area contributed by atoms with Gasteiger partial charge < -0.3 is 9.80 Å². The zero-order valence-corrected chi connectivity index (χ0v) is 12.1. The molecule has 1 aromatic rings. The lowest BCUT2D eigenvalue weighted by Crippen LogP contribution is -2.58. The molecule has 4 nitrogen and oxygen atoms in total. The van der Waals surface area contributed by atoms with Gasteiger partial charge in [-0.05, 0) is 31.0 Å². The Morgan fingerprint density at radius 3 is 2.38 bits per heavy atom. The molecule has 0 spiro atoms. The topological polar surface area (TPSA) is 40.6 Å². The van der Waals surface area contributed by atoms with E-state index in [9.17, 15) is 18.4 Å². The largest absolute Gasteiger partial charge is 0.332 e. The van der Waals surface area contributed by atoms with E-state index in [0.717, 1.165) is 12.5 Å². The van der Waals surface area contributed by atoms with Gasteiger partial charge in [-0.25, -0.2) is 8.78 Å². The van der Waals surface area contributed by atoms with Gasteiger partial charge in [0.1, 0.15) is 17.7 Å². The Morgan fingerprint density at radius 1 is 1.19 bits per heavy atom. The Balaban J connectivity index is 2.16. The quantitative estimate of drug-likeness (QED) is 0.852. The molecule has 0 radical (unpaired) electrons. The van der Waals surface area contributed by atoms with Crippen molar-refractivity contribution in [2.75, 3.05) is 13.1 Å². The fourth-order valence-electron chi connectivity index (χ4n) is 2.53. The van der Waals surface area contributed by atoms with E-state index in [4.69, 9.17) is 0 Å². The molecule has 0 N–H and O–H groups in total. The number of benzene rings is 1. The monoisotopic (exact) mass is 296 g/mol. The molecule has 1 atom stereocenters. The molecule has 0 unspecified atom stereocenters. The Morgan fingerprint density at radius 2 is 1.81 bits per heavy atom. The number of hydrogen-bond donors (Lipinski definition) is 0. The van der Waals surface area contributed by atoms with Crippen molar-refractivity contribution in [1.82, 2.24) is 9.80 Å². The molecule has 1 aliphatic rings. The van der Waals surface area contributed by atoms with Gasteiger partial charge in [0, 0.05) is 19.2 Å². The molecule has 1 heterocycles. The van der Waals surface area contributed by atoms with Gasteiger partial charge in [-0.3, -0.25) is 9.59 Å². The van der Waals surface area contributed by atoms with Gasteiger partial charge in [0.05, 0.1) is 6.54 Å². The van der Waals surface area contributed by atoms with Crippen molar-refractivity contribution in [3.63, 3.8) is 0 Å². The summed E-state index contributed by atoms with van der Waals surface area (Å²) in [5.41, 5.74) is 0.337. The summed E-state index contributed by atoms with van der Waals surface area (Å²) >= 11 is 0.